The molecule has 0 aromatic carbocycles. The van der Waals surface area contributed by atoms with Crippen molar-refractivity contribution in [2.24, 2.45) is 29.6 Å². The Bertz CT molecular complexity index is 313. The van der Waals surface area contributed by atoms with E-state index in [1.165, 1.54) is 64.2 Å². The van der Waals surface area contributed by atoms with E-state index in [0.717, 1.165) is 29.6 Å². The van der Waals surface area contributed by atoms with Crippen molar-refractivity contribution in [3.8, 4) is 0 Å². The van der Waals surface area contributed by atoms with Gasteiger partial charge in [-0.2, -0.15) is 0 Å². The molecule has 3 rings (SSSR count). The Morgan fingerprint density at radius 2 is 1.48 bits per heavy atom. The number of hydrogen-bond acceptors (Lipinski definition) is 0. The third-order valence-corrected chi connectivity index (χ3v) is 7.45. The van der Waals surface area contributed by atoms with E-state index >= 15 is 0 Å². The highest BCUT2D eigenvalue weighted by molar-refractivity contribution is 6.20. The fourth-order valence-corrected chi connectivity index (χ4v) is 6.31. The van der Waals surface area contributed by atoms with Gasteiger partial charge in [-0.1, -0.05) is 45.4 Å². The van der Waals surface area contributed by atoms with Crippen molar-refractivity contribution in [3.63, 3.8) is 0 Å². The van der Waals surface area contributed by atoms with Crippen LogP contribution in [0.1, 0.15) is 90.4 Å². The summed E-state index contributed by atoms with van der Waals surface area (Å²) in [5.74, 6) is 5.29. The quantitative estimate of drug-likeness (QED) is 0.386. The molecule has 4 unspecified atom stereocenters. The zero-order chi connectivity index (χ0) is 14.7. The smallest absolute Gasteiger partial charge is 0.0338 e. The first kappa shape index (κ1) is 16.2. The third kappa shape index (κ3) is 3.98. The molecule has 0 saturated heterocycles. The van der Waals surface area contributed by atoms with Crippen molar-refractivity contribution in [3.05, 3.63) is 0 Å². The van der Waals surface area contributed by atoms with E-state index in [-0.39, 0.29) is 0 Å². The molecule has 3 fully saturated rings. The fraction of sp³-hybridized carbons (Fsp3) is 1.00. The molecule has 0 N–H and O–H groups in total. The largest absolute Gasteiger partial charge is 0.123 e. The Hall–Kier alpha value is 0.290. The molecule has 0 heterocycles. The van der Waals surface area contributed by atoms with Crippen LogP contribution in [0.3, 0.4) is 0 Å². The molecule has 3 saturated carbocycles. The van der Waals surface area contributed by atoms with Gasteiger partial charge in [0.1, 0.15) is 0 Å². The maximum atomic E-state index is 6.42. The number of hydrogen-bond donors (Lipinski definition) is 0. The maximum absolute atomic E-state index is 6.42. The first-order chi connectivity index (χ1) is 10.3. The van der Waals surface area contributed by atoms with Crippen molar-refractivity contribution < 1.29 is 0 Å². The van der Waals surface area contributed by atoms with Gasteiger partial charge < -0.3 is 0 Å². The Morgan fingerprint density at radius 3 is 2.24 bits per heavy atom. The van der Waals surface area contributed by atoms with Gasteiger partial charge in [0.05, 0.1) is 0 Å². The van der Waals surface area contributed by atoms with E-state index < -0.39 is 0 Å². The Morgan fingerprint density at radius 1 is 0.762 bits per heavy atom. The zero-order valence-electron chi connectivity index (χ0n) is 14.0. The van der Waals surface area contributed by atoms with E-state index in [1.54, 1.807) is 19.3 Å². The van der Waals surface area contributed by atoms with Gasteiger partial charge >= 0.3 is 0 Å². The van der Waals surface area contributed by atoms with Gasteiger partial charge in [-0.3, -0.25) is 0 Å². The maximum Gasteiger partial charge on any atom is 0.0338 e. The van der Waals surface area contributed by atoms with Crippen LogP contribution in [0.25, 0.3) is 0 Å². The molecule has 6 atom stereocenters. The molecule has 0 aromatic heterocycles. The predicted molar refractivity (Wildman–Crippen MR) is 92.8 cm³/mol. The van der Waals surface area contributed by atoms with Gasteiger partial charge in [0.15, 0.2) is 0 Å². The highest BCUT2D eigenvalue weighted by atomic mass is 35.5. The summed E-state index contributed by atoms with van der Waals surface area (Å²) < 4.78 is 0. The Balaban J connectivity index is 1.47. The minimum absolute atomic E-state index is 0.498. The molecule has 0 bridgehead atoms. The zero-order valence-corrected chi connectivity index (χ0v) is 14.8. The van der Waals surface area contributed by atoms with E-state index in [1.807, 2.05) is 0 Å². The van der Waals surface area contributed by atoms with Crippen molar-refractivity contribution in [2.75, 3.05) is 0 Å². The molecule has 0 amide bonds. The molecule has 122 valence electrons. The van der Waals surface area contributed by atoms with Crippen molar-refractivity contribution in [1.82, 2.24) is 0 Å². The van der Waals surface area contributed by atoms with Crippen LogP contribution in [0.4, 0.5) is 0 Å². The molecule has 0 radical (unpaired) electrons. The number of fused-ring (bicyclic) bond motifs is 3. The monoisotopic (exact) mass is 310 g/mol. The topological polar surface area (TPSA) is 0 Å². The second kappa shape index (κ2) is 7.71. The summed E-state index contributed by atoms with van der Waals surface area (Å²) in [6.45, 7) is 2.32. The molecule has 0 spiro atoms. The SMILES string of the molecule is CCCCCC[C@H]1CCC2C(CCC3C[C@@H](Cl)CCC32)C1. The standard InChI is InChI=1S/C20H35Cl/c1-2-3-4-5-6-15-7-11-19-16(13-15)8-9-17-14-18(21)10-12-20(17)19/h15-20H,2-14H2,1H3/t15-,16?,17?,18-,19?,20?/m0/s1. The molecule has 1 heteroatoms. The predicted octanol–water partition coefficient (Wildman–Crippen LogP) is 6.81. The number of halogens is 1. The second-order valence-electron chi connectivity index (χ2n) is 8.36. The van der Waals surface area contributed by atoms with Crippen LogP contribution in [0.2, 0.25) is 0 Å². The molecule has 0 aliphatic heterocycles. The average molecular weight is 311 g/mol. The van der Waals surface area contributed by atoms with Crippen molar-refractivity contribution in [1.29, 1.82) is 0 Å². The number of alkyl halides is 1. The molecule has 0 nitrogen and oxygen atoms in total. The van der Waals surface area contributed by atoms with Crippen LogP contribution < -0.4 is 0 Å². The molecule has 21 heavy (non-hydrogen) atoms. The average Bonchev–Trinajstić information content (AvgIpc) is 2.51. The lowest BCUT2D eigenvalue weighted by Gasteiger charge is -2.50. The Labute approximate surface area is 137 Å². The molecule has 3 aliphatic carbocycles. The minimum atomic E-state index is 0.498. The first-order valence-corrected chi connectivity index (χ1v) is 10.4. The summed E-state index contributed by atoms with van der Waals surface area (Å²) in [7, 11) is 0. The van der Waals surface area contributed by atoms with E-state index in [4.69, 9.17) is 11.6 Å². The molecular formula is C20H35Cl. The third-order valence-electron chi connectivity index (χ3n) is 7.05. The highest BCUT2D eigenvalue weighted by Crippen LogP contribution is 2.53. The van der Waals surface area contributed by atoms with Gasteiger partial charge in [0, 0.05) is 5.38 Å². The minimum Gasteiger partial charge on any atom is -0.123 e. The number of rotatable bonds is 5. The Kier molecular flexibility index (Phi) is 5.93. The lowest BCUT2D eigenvalue weighted by atomic mass is 9.56. The molecule has 0 aromatic rings. The van der Waals surface area contributed by atoms with Crippen LogP contribution in [-0.4, -0.2) is 5.38 Å². The second-order valence-corrected chi connectivity index (χ2v) is 8.98. The van der Waals surface area contributed by atoms with Crippen LogP contribution in [-0.2, 0) is 0 Å². The number of unbranched alkanes of at least 4 members (excludes halogenated alkanes) is 3. The van der Waals surface area contributed by atoms with Gasteiger partial charge in [0.25, 0.3) is 0 Å². The van der Waals surface area contributed by atoms with Crippen LogP contribution in [0.5, 0.6) is 0 Å². The van der Waals surface area contributed by atoms with Crippen LogP contribution in [0.15, 0.2) is 0 Å². The highest BCUT2D eigenvalue weighted by Gasteiger charge is 2.44. The van der Waals surface area contributed by atoms with E-state index in [2.05, 4.69) is 6.92 Å². The van der Waals surface area contributed by atoms with Gasteiger partial charge in [-0.15, -0.1) is 11.6 Å². The van der Waals surface area contributed by atoms with Crippen molar-refractivity contribution >= 4 is 11.6 Å². The molecule has 3 aliphatic rings. The molecular weight excluding hydrogens is 276 g/mol. The summed E-state index contributed by atoms with van der Waals surface area (Å²) in [6, 6.07) is 0. The first-order valence-electron chi connectivity index (χ1n) is 9.92. The van der Waals surface area contributed by atoms with Gasteiger partial charge in [-0.05, 0) is 74.5 Å². The summed E-state index contributed by atoms with van der Waals surface area (Å²) in [6.07, 6.45) is 19.1. The van der Waals surface area contributed by atoms with Crippen LogP contribution in [0, 0.1) is 29.6 Å². The normalized spacial score (nSPS) is 43.1. The van der Waals surface area contributed by atoms with Crippen molar-refractivity contribution in [2.45, 2.75) is 95.8 Å². The fourth-order valence-electron chi connectivity index (χ4n) is 5.96. The lowest BCUT2D eigenvalue weighted by Crippen LogP contribution is -2.41. The van der Waals surface area contributed by atoms with E-state index in [9.17, 15) is 0 Å². The van der Waals surface area contributed by atoms with Crippen LogP contribution >= 0.6 is 11.6 Å². The van der Waals surface area contributed by atoms with E-state index in [0.29, 0.717) is 5.38 Å². The summed E-state index contributed by atoms with van der Waals surface area (Å²) in [5.41, 5.74) is 0. The summed E-state index contributed by atoms with van der Waals surface area (Å²) in [4.78, 5) is 0. The van der Waals surface area contributed by atoms with Gasteiger partial charge in [0.2, 0.25) is 0 Å². The summed E-state index contributed by atoms with van der Waals surface area (Å²) >= 11 is 6.42. The lowest BCUT2D eigenvalue weighted by molar-refractivity contribution is 0.0110. The summed E-state index contributed by atoms with van der Waals surface area (Å²) in [5, 5.41) is 0.498. The van der Waals surface area contributed by atoms with Gasteiger partial charge in [-0.25, -0.2) is 0 Å².